The Hall–Kier alpha value is -1.02. The molecule has 4 rings (SSSR count). The van der Waals surface area contributed by atoms with Gasteiger partial charge in [-0.1, -0.05) is 18.9 Å². The second-order valence-electron chi connectivity index (χ2n) is 6.56. The molecule has 0 amide bonds. The molecule has 1 aromatic rings. The largest absolute Gasteiger partial charge is 0.508 e. The zero-order valence-electron chi connectivity index (χ0n) is 14.2. The van der Waals surface area contributed by atoms with Crippen molar-refractivity contribution < 1.29 is 9.22 Å². The molecule has 1 saturated heterocycles. The second kappa shape index (κ2) is 3.99. The highest BCUT2D eigenvalue weighted by Crippen LogP contribution is 2.55. The Morgan fingerprint density at radius 1 is 1.37 bits per heavy atom. The molecule has 3 atom stereocenters. The highest BCUT2D eigenvalue weighted by molar-refractivity contribution is 5.45. The SMILES string of the molecule is [2H]C([2H])([2H])N1CC[C@@]23CCCC[C@@H]2[C@@H]1Cc1ccc(O)cc13. The van der Waals surface area contributed by atoms with Crippen molar-refractivity contribution in [1.82, 2.24) is 4.90 Å². The van der Waals surface area contributed by atoms with Crippen LogP contribution in [0.3, 0.4) is 0 Å². The maximum atomic E-state index is 9.95. The molecule has 2 heteroatoms. The lowest BCUT2D eigenvalue weighted by atomic mass is 9.52. The van der Waals surface area contributed by atoms with Gasteiger partial charge in [-0.15, -0.1) is 0 Å². The Kier molecular flexibility index (Phi) is 1.89. The third-order valence-electron chi connectivity index (χ3n) is 5.82. The van der Waals surface area contributed by atoms with E-state index in [9.17, 15) is 5.11 Å². The molecule has 2 nitrogen and oxygen atoms in total. The van der Waals surface area contributed by atoms with Crippen molar-refractivity contribution >= 4 is 0 Å². The van der Waals surface area contributed by atoms with Crippen LogP contribution in [0.4, 0.5) is 0 Å². The quantitative estimate of drug-likeness (QED) is 0.775. The van der Waals surface area contributed by atoms with Gasteiger partial charge in [-0.3, -0.25) is 0 Å². The molecule has 1 aromatic carbocycles. The van der Waals surface area contributed by atoms with Crippen molar-refractivity contribution in [3.05, 3.63) is 29.3 Å². The number of likely N-dealkylation sites (N-methyl/N-ethyl adjacent to an activating group) is 1. The lowest BCUT2D eigenvalue weighted by Gasteiger charge is -2.58. The summed E-state index contributed by atoms with van der Waals surface area (Å²) in [6.45, 7) is -1.35. The zero-order chi connectivity index (χ0) is 15.5. The van der Waals surface area contributed by atoms with Gasteiger partial charge in [0.15, 0.2) is 0 Å². The first kappa shape index (κ1) is 9.02. The fraction of sp³-hybridized carbons (Fsp3) is 0.647. The topological polar surface area (TPSA) is 23.5 Å². The Morgan fingerprint density at radius 2 is 2.32 bits per heavy atom. The number of hydrogen-bond acceptors (Lipinski definition) is 2. The fourth-order valence-corrected chi connectivity index (χ4v) is 4.99. The fourth-order valence-electron chi connectivity index (χ4n) is 4.99. The van der Waals surface area contributed by atoms with Gasteiger partial charge in [0.1, 0.15) is 5.75 Å². The minimum absolute atomic E-state index is 0.0942. The molecule has 2 aliphatic carbocycles. The van der Waals surface area contributed by atoms with Crippen LogP contribution in [0.15, 0.2) is 18.2 Å². The number of rotatable bonds is 0. The highest BCUT2D eigenvalue weighted by Gasteiger charge is 2.52. The van der Waals surface area contributed by atoms with E-state index in [2.05, 4.69) is 0 Å². The van der Waals surface area contributed by atoms with Gasteiger partial charge in [-0.2, -0.15) is 0 Å². The van der Waals surface area contributed by atoms with E-state index in [-0.39, 0.29) is 11.5 Å². The standard InChI is InChI=1S/C17H23NO/c1-18-9-8-17-7-3-2-4-14(17)16(18)10-12-5-6-13(19)11-15(12)17/h5-6,11,14,16,19H,2-4,7-10H2,1H3/t14-,16+,17+/m1/s1/i1D3. The predicted molar refractivity (Wildman–Crippen MR) is 76.5 cm³/mol. The van der Waals surface area contributed by atoms with Crippen LogP contribution in [0.5, 0.6) is 5.75 Å². The minimum atomic E-state index is -2.00. The molecule has 1 aliphatic heterocycles. The summed E-state index contributed by atoms with van der Waals surface area (Å²) in [6, 6.07) is 5.83. The van der Waals surface area contributed by atoms with E-state index in [1.54, 1.807) is 11.0 Å². The van der Waals surface area contributed by atoms with Gasteiger partial charge in [-0.25, -0.2) is 0 Å². The molecule has 0 aromatic heterocycles. The van der Waals surface area contributed by atoms with Gasteiger partial charge in [0.05, 0.1) is 0 Å². The smallest absolute Gasteiger partial charge is 0.115 e. The van der Waals surface area contributed by atoms with Crippen molar-refractivity contribution in [3.63, 3.8) is 0 Å². The molecule has 2 bridgehead atoms. The first-order valence-electron chi connectivity index (χ1n) is 9.01. The van der Waals surface area contributed by atoms with E-state index in [1.165, 1.54) is 24.0 Å². The second-order valence-corrected chi connectivity index (χ2v) is 6.56. The Labute approximate surface area is 119 Å². The van der Waals surface area contributed by atoms with Crippen LogP contribution < -0.4 is 0 Å². The average Bonchev–Trinajstić information content (AvgIpc) is 2.47. The van der Waals surface area contributed by atoms with Crippen molar-refractivity contribution in [2.75, 3.05) is 13.5 Å². The summed E-state index contributed by atoms with van der Waals surface area (Å²) >= 11 is 0. The number of phenolic OH excluding ortho intramolecular Hbond substituents is 1. The summed E-state index contributed by atoms with van der Waals surface area (Å²) in [4.78, 5) is 1.77. The van der Waals surface area contributed by atoms with Gasteiger partial charge in [0.2, 0.25) is 0 Å². The summed E-state index contributed by atoms with van der Waals surface area (Å²) in [6.07, 6.45) is 6.38. The molecule has 0 unspecified atom stereocenters. The van der Waals surface area contributed by atoms with Crippen LogP contribution in [0.1, 0.15) is 47.3 Å². The lowest BCUT2D eigenvalue weighted by Crippen LogP contribution is -2.59. The molecule has 19 heavy (non-hydrogen) atoms. The molecule has 1 N–H and O–H groups in total. The molecule has 1 heterocycles. The van der Waals surface area contributed by atoms with Crippen LogP contribution in [-0.4, -0.2) is 29.6 Å². The normalized spacial score (nSPS) is 40.5. The number of likely N-dealkylation sites (tertiary alicyclic amines) is 1. The monoisotopic (exact) mass is 260 g/mol. The third-order valence-corrected chi connectivity index (χ3v) is 5.82. The molecule has 102 valence electrons. The molecule has 0 spiro atoms. The summed E-state index contributed by atoms with van der Waals surface area (Å²) in [7, 11) is 0. The Balaban J connectivity index is 1.85. The molecular weight excluding hydrogens is 234 g/mol. The van der Waals surface area contributed by atoms with Crippen LogP contribution >= 0.6 is 0 Å². The van der Waals surface area contributed by atoms with Gasteiger partial charge in [-0.05, 0) is 68.4 Å². The number of phenols is 1. The number of benzene rings is 1. The maximum Gasteiger partial charge on any atom is 0.115 e. The number of fused-ring (bicyclic) bond motifs is 1. The number of nitrogens with zero attached hydrogens (tertiary/aromatic N) is 1. The number of piperidine rings is 1. The predicted octanol–water partition coefficient (Wildman–Crippen LogP) is 3.08. The van der Waals surface area contributed by atoms with E-state index < -0.39 is 6.98 Å². The Morgan fingerprint density at radius 3 is 3.21 bits per heavy atom. The highest BCUT2D eigenvalue weighted by atomic mass is 16.3. The zero-order valence-corrected chi connectivity index (χ0v) is 11.2. The summed E-state index contributed by atoms with van der Waals surface area (Å²) in [5.74, 6) is 0.763. The number of hydrogen-bond donors (Lipinski definition) is 1. The third kappa shape index (κ3) is 1.53. The summed E-state index contributed by atoms with van der Waals surface area (Å²) in [5.41, 5.74) is 2.64. The first-order chi connectivity index (χ1) is 10.4. The maximum absolute atomic E-state index is 9.95. The van der Waals surface area contributed by atoms with Gasteiger partial charge < -0.3 is 10.0 Å². The first-order valence-corrected chi connectivity index (χ1v) is 7.51. The van der Waals surface area contributed by atoms with Crippen LogP contribution in [-0.2, 0) is 11.8 Å². The van der Waals surface area contributed by atoms with Crippen molar-refractivity contribution in [1.29, 1.82) is 0 Å². The molecular formula is C17H23NO. The lowest BCUT2D eigenvalue weighted by molar-refractivity contribution is 0.00274. The van der Waals surface area contributed by atoms with Gasteiger partial charge in [0.25, 0.3) is 0 Å². The van der Waals surface area contributed by atoms with E-state index >= 15 is 0 Å². The van der Waals surface area contributed by atoms with Crippen LogP contribution in [0, 0.1) is 5.92 Å². The van der Waals surface area contributed by atoms with Gasteiger partial charge in [0, 0.05) is 15.6 Å². The molecule has 3 aliphatic rings. The van der Waals surface area contributed by atoms with Crippen LogP contribution in [0.25, 0.3) is 0 Å². The summed E-state index contributed by atoms with van der Waals surface area (Å²) in [5, 5.41) is 9.95. The van der Waals surface area contributed by atoms with Crippen molar-refractivity contribution in [2.24, 2.45) is 5.92 Å². The van der Waals surface area contributed by atoms with Crippen molar-refractivity contribution in [3.8, 4) is 5.75 Å². The van der Waals surface area contributed by atoms with Crippen molar-refractivity contribution in [2.45, 2.75) is 50.0 Å². The molecule has 1 saturated carbocycles. The average molecular weight is 260 g/mol. The molecule has 2 fully saturated rings. The van der Waals surface area contributed by atoms with E-state index in [0.717, 1.165) is 25.7 Å². The number of aromatic hydroxyl groups is 1. The summed E-state index contributed by atoms with van der Waals surface area (Å²) < 4.78 is 23.7. The van der Waals surface area contributed by atoms with E-state index in [1.807, 2.05) is 12.1 Å². The molecule has 0 radical (unpaired) electrons. The Bertz CT molecular complexity index is 600. The van der Waals surface area contributed by atoms with Gasteiger partial charge >= 0.3 is 0 Å². The minimum Gasteiger partial charge on any atom is -0.508 e. The van der Waals surface area contributed by atoms with E-state index in [0.29, 0.717) is 18.2 Å². The van der Waals surface area contributed by atoms with Crippen LogP contribution in [0.2, 0.25) is 0 Å². The van der Waals surface area contributed by atoms with E-state index in [4.69, 9.17) is 4.11 Å².